The van der Waals surface area contributed by atoms with E-state index in [9.17, 15) is 9.50 Å². The van der Waals surface area contributed by atoms with Crippen molar-refractivity contribution in [3.63, 3.8) is 0 Å². The SMILES string of the molecule is OC1(c2ccccc2F)CCCOC1. The Hall–Kier alpha value is -0.930. The monoisotopic (exact) mass is 196 g/mol. The van der Waals surface area contributed by atoms with Crippen LogP contribution < -0.4 is 0 Å². The lowest BCUT2D eigenvalue weighted by atomic mass is 9.88. The quantitative estimate of drug-likeness (QED) is 0.742. The van der Waals surface area contributed by atoms with Crippen LogP contribution in [-0.2, 0) is 10.3 Å². The second kappa shape index (κ2) is 3.67. The van der Waals surface area contributed by atoms with Gasteiger partial charge in [-0.1, -0.05) is 18.2 Å². The van der Waals surface area contributed by atoms with Crippen LogP contribution in [0.4, 0.5) is 4.39 Å². The summed E-state index contributed by atoms with van der Waals surface area (Å²) in [5.41, 5.74) is -0.788. The van der Waals surface area contributed by atoms with Gasteiger partial charge >= 0.3 is 0 Å². The fraction of sp³-hybridized carbons (Fsp3) is 0.455. The van der Waals surface area contributed by atoms with Crippen molar-refractivity contribution < 1.29 is 14.2 Å². The molecular weight excluding hydrogens is 183 g/mol. The van der Waals surface area contributed by atoms with Crippen molar-refractivity contribution in [2.45, 2.75) is 18.4 Å². The molecule has 76 valence electrons. The highest BCUT2D eigenvalue weighted by Gasteiger charge is 2.34. The summed E-state index contributed by atoms with van der Waals surface area (Å²) in [4.78, 5) is 0. The molecule has 0 saturated carbocycles. The van der Waals surface area contributed by atoms with E-state index in [1.807, 2.05) is 0 Å². The molecule has 0 aromatic heterocycles. The fourth-order valence-corrected chi connectivity index (χ4v) is 1.83. The predicted octanol–water partition coefficient (Wildman–Crippen LogP) is 1.82. The molecule has 2 rings (SSSR count). The van der Waals surface area contributed by atoms with E-state index in [2.05, 4.69) is 0 Å². The van der Waals surface area contributed by atoms with Crippen molar-refractivity contribution in [3.05, 3.63) is 35.6 Å². The zero-order valence-corrected chi connectivity index (χ0v) is 7.87. The first kappa shape index (κ1) is 9.62. The number of rotatable bonds is 1. The molecule has 1 fully saturated rings. The fourth-order valence-electron chi connectivity index (χ4n) is 1.83. The standard InChI is InChI=1S/C11H13FO2/c12-10-5-2-1-4-9(10)11(13)6-3-7-14-8-11/h1-2,4-5,13H,3,6-8H2. The molecule has 1 unspecified atom stereocenters. The zero-order valence-electron chi connectivity index (χ0n) is 7.87. The molecule has 1 aromatic rings. The minimum Gasteiger partial charge on any atom is -0.383 e. The molecule has 0 radical (unpaired) electrons. The minimum atomic E-state index is -1.14. The lowest BCUT2D eigenvalue weighted by molar-refractivity contribution is -0.0920. The molecule has 1 aromatic carbocycles. The molecule has 0 aliphatic carbocycles. The molecule has 1 N–H and O–H groups in total. The van der Waals surface area contributed by atoms with Crippen LogP contribution in [-0.4, -0.2) is 18.3 Å². The minimum absolute atomic E-state index is 0.188. The van der Waals surface area contributed by atoms with Gasteiger partial charge in [0.15, 0.2) is 0 Å². The molecule has 1 aliphatic rings. The van der Waals surface area contributed by atoms with Gasteiger partial charge in [0.1, 0.15) is 11.4 Å². The number of ether oxygens (including phenoxy) is 1. The third kappa shape index (κ3) is 1.65. The van der Waals surface area contributed by atoms with Gasteiger partial charge in [-0.15, -0.1) is 0 Å². The Labute approximate surface area is 82.3 Å². The highest BCUT2D eigenvalue weighted by Crippen LogP contribution is 2.31. The molecule has 14 heavy (non-hydrogen) atoms. The van der Waals surface area contributed by atoms with Crippen LogP contribution in [0.2, 0.25) is 0 Å². The highest BCUT2D eigenvalue weighted by molar-refractivity contribution is 5.24. The smallest absolute Gasteiger partial charge is 0.129 e. The summed E-state index contributed by atoms with van der Waals surface area (Å²) in [6.45, 7) is 0.838. The van der Waals surface area contributed by atoms with E-state index in [1.165, 1.54) is 6.07 Å². The Bertz CT molecular complexity index is 319. The Morgan fingerprint density at radius 3 is 2.79 bits per heavy atom. The zero-order chi connectivity index (χ0) is 10.0. The number of hydrogen-bond acceptors (Lipinski definition) is 2. The van der Waals surface area contributed by atoms with Gasteiger partial charge < -0.3 is 9.84 Å². The maximum Gasteiger partial charge on any atom is 0.129 e. The van der Waals surface area contributed by atoms with Crippen molar-refractivity contribution in [2.75, 3.05) is 13.2 Å². The Kier molecular flexibility index (Phi) is 2.52. The van der Waals surface area contributed by atoms with Crippen molar-refractivity contribution in [2.24, 2.45) is 0 Å². The predicted molar refractivity (Wildman–Crippen MR) is 50.3 cm³/mol. The molecule has 0 bridgehead atoms. The molecule has 2 nitrogen and oxygen atoms in total. The van der Waals surface area contributed by atoms with Gasteiger partial charge in [-0.25, -0.2) is 4.39 Å². The lowest BCUT2D eigenvalue weighted by Crippen LogP contribution is -2.36. The van der Waals surface area contributed by atoms with Crippen LogP contribution in [0.5, 0.6) is 0 Å². The summed E-state index contributed by atoms with van der Waals surface area (Å²) in [5, 5.41) is 10.2. The first-order valence-corrected chi connectivity index (χ1v) is 4.77. The number of halogens is 1. The number of benzene rings is 1. The van der Waals surface area contributed by atoms with Crippen molar-refractivity contribution in [3.8, 4) is 0 Å². The average Bonchev–Trinajstić information content (AvgIpc) is 2.19. The number of aliphatic hydroxyl groups is 1. The van der Waals surface area contributed by atoms with Gasteiger partial charge in [0.25, 0.3) is 0 Å². The summed E-state index contributed by atoms with van der Waals surface area (Å²) < 4.78 is 18.6. The van der Waals surface area contributed by atoms with Gasteiger partial charge in [-0.2, -0.15) is 0 Å². The first-order valence-electron chi connectivity index (χ1n) is 4.77. The summed E-state index contributed by atoms with van der Waals surface area (Å²) >= 11 is 0. The van der Waals surface area contributed by atoms with E-state index in [0.717, 1.165) is 6.42 Å². The van der Waals surface area contributed by atoms with Gasteiger partial charge in [0.2, 0.25) is 0 Å². The van der Waals surface area contributed by atoms with Crippen LogP contribution in [0.25, 0.3) is 0 Å². The molecule has 0 spiro atoms. The highest BCUT2D eigenvalue weighted by atomic mass is 19.1. The Balaban J connectivity index is 2.32. The first-order chi connectivity index (χ1) is 6.72. The van der Waals surface area contributed by atoms with E-state index in [4.69, 9.17) is 4.74 Å². The van der Waals surface area contributed by atoms with E-state index < -0.39 is 5.60 Å². The lowest BCUT2D eigenvalue weighted by Gasteiger charge is -2.32. The van der Waals surface area contributed by atoms with Crippen molar-refractivity contribution in [1.29, 1.82) is 0 Å². The van der Waals surface area contributed by atoms with Gasteiger partial charge in [0, 0.05) is 12.2 Å². The Morgan fingerprint density at radius 1 is 1.36 bits per heavy atom. The van der Waals surface area contributed by atoms with E-state index in [1.54, 1.807) is 18.2 Å². The van der Waals surface area contributed by atoms with Gasteiger partial charge in [0.05, 0.1) is 6.61 Å². The topological polar surface area (TPSA) is 29.5 Å². The summed E-state index contributed by atoms with van der Waals surface area (Å²) in [6.07, 6.45) is 1.33. The average molecular weight is 196 g/mol. The van der Waals surface area contributed by atoms with Gasteiger partial charge in [-0.05, 0) is 18.9 Å². The normalized spacial score (nSPS) is 27.6. The third-order valence-corrected chi connectivity index (χ3v) is 2.60. The van der Waals surface area contributed by atoms with Crippen LogP contribution in [0.1, 0.15) is 18.4 Å². The maximum atomic E-state index is 13.4. The summed E-state index contributed by atoms with van der Waals surface area (Å²) in [5.74, 6) is -0.361. The maximum absolute atomic E-state index is 13.4. The van der Waals surface area contributed by atoms with E-state index in [-0.39, 0.29) is 12.4 Å². The van der Waals surface area contributed by atoms with Crippen LogP contribution in [0.3, 0.4) is 0 Å². The second-order valence-corrected chi connectivity index (χ2v) is 3.67. The third-order valence-electron chi connectivity index (χ3n) is 2.60. The van der Waals surface area contributed by atoms with Crippen LogP contribution >= 0.6 is 0 Å². The van der Waals surface area contributed by atoms with E-state index >= 15 is 0 Å². The van der Waals surface area contributed by atoms with Gasteiger partial charge in [-0.3, -0.25) is 0 Å². The second-order valence-electron chi connectivity index (χ2n) is 3.67. The molecular formula is C11H13FO2. The molecule has 0 amide bonds. The van der Waals surface area contributed by atoms with E-state index in [0.29, 0.717) is 18.6 Å². The molecule has 1 atom stereocenters. The number of hydrogen-bond donors (Lipinski definition) is 1. The largest absolute Gasteiger partial charge is 0.383 e. The van der Waals surface area contributed by atoms with Crippen LogP contribution in [0.15, 0.2) is 24.3 Å². The molecule has 1 heterocycles. The molecule has 1 aliphatic heterocycles. The molecule has 1 saturated heterocycles. The van der Waals surface area contributed by atoms with Crippen molar-refractivity contribution in [1.82, 2.24) is 0 Å². The van der Waals surface area contributed by atoms with Crippen LogP contribution in [0, 0.1) is 5.82 Å². The molecule has 3 heteroatoms. The summed E-state index contributed by atoms with van der Waals surface area (Å²) in [6, 6.07) is 6.32. The summed E-state index contributed by atoms with van der Waals surface area (Å²) in [7, 11) is 0. The Morgan fingerprint density at radius 2 is 2.14 bits per heavy atom. The van der Waals surface area contributed by atoms with Crippen molar-refractivity contribution >= 4 is 0 Å².